The lowest BCUT2D eigenvalue weighted by molar-refractivity contribution is 0.177. The second kappa shape index (κ2) is 9.67. The van der Waals surface area contributed by atoms with Gasteiger partial charge in [0.2, 0.25) is 0 Å². The van der Waals surface area contributed by atoms with E-state index in [1.165, 1.54) is 12.1 Å². The molecule has 4 nitrogen and oxygen atoms in total. The number of benzene rings is 2. The first-order chi connectivity index (χ1) is 11.7. The molecule has 2 aromatic rings. The maximum absolute atomic E-state index is 12.9. The summed E-state index contributed by atoms with van der Waals surface area (Å²) in [6.45, 7) is 3.56. The molecule has 0 aromatic heterocycles. The van der Waals surface area contributed by atoms with Crippen molar-refractivity contribution in [2.75, 3.05) is 13.1 Å². The molecule has 3 N–H and O–H groups in total. The molecule has 1 unspecified atom stereocenters. The monoisotopic (exact) mass is 329 g/mol. The molecular weight excluding hydrogens is 305 g/mol. The van der Waals surface area contributed by atoms with Crippen LogP contribution in [0.25, 0.3) is 0 Å². The van der Waals surface area contributed by atoms with Gasteiger partial charge >= 0.3 is 0 Å². The number of hydrogen-bond acceptors (Lipinski definition) is 2. The molecule has 2 rings (SSSR count). The maximum atomic E-state index is 12.9. The summed E-state index contributed by atoms with van der Waals surface area (Å²) >= 11 is 0. The molecule has 0 saturated carbocycles. The van der Waals surface area contributed by atoms with Crippen LogP contribution in [0, 0.1) is 5.82 Å². The van der Waals surface area contributed by atoms with Gasteiger partial charge in [-0.05, 0) is 30.2 Å². The van der Waals surface area contributed by atoms with Gasteiger partial charge in [0.25, 0.3) is 0 Å². The van der Waals surface area contributed by atoms with E-state index in [4.69, 9.17) is 0 Å². The van der Waals surface area contributed by atoms with E-state index in [1.54, 1.807) is 12.1 Å². The van der Waals surface area contributed by atoms with Gasteiger partial charge in [-0.15, -0.1) is 0 Å². The third-order valence-corrected chi connectivity index (χ3v) is 3.50. The summed E-state index contributed by atoms with van der Waals surface area (Å²) in [6, 6.07) is 16.2. The van der Waals surface area contributed by atoms with Crippen molar-refractivity contribution in [1.82, 2.24) is 10.6 Å². The van der Waals surface area contributed by atoms with Crippen LogP contribution in [0.15, 0.2) is 59.6 Å². The normalized spacial score (nSPS) is 12.7. The second-order valence-electron chi connectivity index (χ2n) is 5.55. The molecule has 0 fully saturated rings. The van der Waals surface area contributed by atoms with Crippen LogP contribution in [-0.4, -0.2) is 30.3 Å². The summed E-state index contributed by atoms with van der Waals surface area (Å²) in [6.07, 6.45) is 0.0904. The number of hydrogen-bond donors (Lipinski definition) is 3. The van der Waals surface area contributed by atoms with Gasteiger partial charge in [-0.2, -0.15) is 0 Å². The maximum Gasteiger partial charge on any atom is 0.191 e. The van der Waals surface area contributed by atoms with Gasteiger partial charge in [-0.1, -0.05) is 42.5 Å². The third-order valence-electron chi connectivity index (χ3n) is 3.50. The zero-order valence-corrected chi connectivity index (χ0v) is 13.9. The average Bonchev–Trinajstić information content (AvgIpc) is 2.59. The van der Waals surface area contributed by atoms with Gasteiger partial charge in [0.05, 0.1) is 12.6 Å². The largest absolute Gasteiger partial charge is 0.391 e. The molecule has 2 aromatic carbocycles. The van der Waals surface area contributed by atoms with Gasteiger partial charge in [-0.3, -0.25) is 0 Å². The Bertz CT molecular complexity index is 629. The number of nitrogens with zero attached hydrogens (tertiary/aromatic N) is 1. The van der Waals surface area contributed by atoms with Gasteiger partial charge in [0, 0.05) is 19.5 Å². The van der Waals surface area contributed by atoms with Crippen molar-refractivity contribution >= 4 is 5.96 Å². The Morgan fingerprint density at radius 1 is 1.04 bits per heavy atom. The first-order valence-corrected chi connectivity index (χ1v) is 8.16. The summed E-state index contributed by atoms with van der Waals surface area (Å²) in [5.41, 5.74) is 2.03. The number of guanidine groups is 1. The molecule has 0 amide bonds. The minimum atomic E-state index is -0.498. The molecule has 0 aliphatic heterocycles. The van der Waals surface area contributed by atoms with Crippen LogP contribution < -0.4 is 10.6 Å². The summed E-state index contributed by atoms with van der Waals surface area (Å²) in [5, 5.41) is 16.4. The molecule has 0 spiro atoms. The highest BCUT2D eigenvalue weighted by Gasteiger charge is 2.06. The van der Waals surface area contributed by atoms with Crippen LogP contribution in [0.2, 0.25) is 0 Å². The quantitative estimate of drug-likeness (QED) is 0.540. The van der Waals surface area contributed by atoms with E-state index in [2.05, 4.69) is 15.6 Å². The number of halogens is 1. The third kappa shape index (κ3) is 6.38. The van der Waals surface area contributed by atoms with Crippen molar-refractivity contribution < 1.29 is 9.50 Å². The fourth-order valence-electron chi connectivity index (χ4n) is 2.27. The fourth-order valence-corrected chi connectivity index (χ4v) is 2.27. The first kappa shape index (κ1) is 17.9. The lowest BCUT2D eigenvalue weighted by atomic mass is 10.1. The minimum Gasteiger partial charge on any atom is -0.391 e. The van der Waals surface area contributed by atoms with Crippen molar-refractivity contribution in [3.05, 3.63) is 71.5 Å². The zero-order valence-electron chi connectivity index (χ0n) is 13.9. The van der Waals surface area contributed by atoms with Crippen molar-refractivity contribution in [2.45, 2.75) is 26.0 Å². The Kier molecular flexibility index (Phi) is 7.23. The van der Waals surface area contributed by atoms with E-state index >= 15 is 0 Å². The van der Waals surface area contributed by atoms with Crippen LogP contribution in [-0.2, 0) is 13.0 Å². The summed E-state index contributed by atoms with van der Waals surface area (Å²) < 4.78 is 12.9. The summed E-state index contributed by atoms with van der Waals surface area (Å²) in [4.78, 5) is 4.45. The molecule has 0 radical (unpaired) electrons. The SMILES string of the molecule is CCNC(=NCc1ccc(F)cc1)NCC(O)Cc1ccccc1. The van der Waals surface area contributed by atoms with Gasteiger partial charge in [0.15, 0.2) is 5.96 Å². The lowest BCUT2D eigenvalue weighted by Crippen LogP contribution is -2.41. The number of aliphatic hydroxyl groups is 1. The molecule has 128 valence electrons. The van der Waals surface area contributed by atoms with Crippen molar-refractivity contribution in [3.8, 4) is 0 Å². The fraction of sp³-hybridized carbons (Fsp3) is 0.316. The van der Waals surface area contributed by atoms with Gasteiger partial charge in [0.1, 0.15) is 5.82 Å². The van der Waals surface area contributed by atoms with Crippen molar-refractivity contribution in [1.29, 1.82) is 0 Å². The van der Waals surface area contributed by atoms with Gasteiger partial charge < -0.3 is 15.7 Å². The molecule has 0 aliphatic rings. The molecular formula is C19H24FN3O. The average molecular weight is 329 g/mol. The molecule has 0 heterocycles. The highest BCUT2D eigenvalue weighted by molar-refractivity contribution is 5.79. The molecule has 0 aliphatic carbocycles. The van der Waals surface area contributed by atoms with E-state index in [9.17, 15) is 9.50 Å². The van der Waals surface area contributed by atoms with E-state index in [-0.39, 0.29) is 5.82 Å². The summed E-state index contributed by atoms with van der Waals surface area (Å²) in [7, 11) is 0. The highest BCUT2D eigenvalue weighted by Crippen LogP contribution is 2.04. The van der Waals surface area contributed by atoms with Crippen LogP contribution in [0.4, 0.5) is 4.39 Å². The van der Waals surface area contributed by atoms with E-state index in [0.717, 1.165) is 17.7 Å². The smallest absolute Gasteiger partial charge is 0.191 e. The molecule has 5 heteroatoms. The second-order valence-corrected chi connectivity index (χ2v) is 5.55. The molecule has 1 atom stereocenters. The number of aliphatic imine (C=N–C) groups is 1. The Labute approximate surface area is 142 Å². The van der Waals surface area contributed by atoms with Crippen molar-refractivity contribution in [3.63, 3.8) is 0 Å². The van der Waals surface area contributed by atoms with Crippen LogP contribution in [0.1, 0.15) is 18.1 Å². The van der Waals surface area contributed by atoms with Crippen LogP contribution in [0.5, 0.6) is 0 Å². The minimum absolute atomic E-state index is 0.253. The number of rotatable bonds is 7. The van der Waals surface area contributed by atoms with E-state index in [1.807, 2.05) is 37.3 Å². The molecule has 0 bridgehead atoms. The predicted octanol–water partition coefficient (Wildman–Crippen LogP) is 2.48. The van der Waals surface area contributed by atoms with Crippen molar-refractivity contribution in [2.24, 2.45) is 4.99 Å². The number of aliphatic hydroxyl groups excluding tert-OH is 1. The van der Waals surface area contributed by atoms with Crippen LogP contribution in [0.3, 0.4) is 0 Å². The van der Waals surface area contributed by atoms with Crippen LogP contribution >= 0.6 is 0 Å². The Hall–Kier alpha value is -2.40. The van der Waals surface area contributed by atoms with Gasteiger partial charge in [-0.25, -0.2) is 9.38 Å². The molecule has 24 heavy (non-hydrogen) atoms. The Morgan fingerprint density at radius 3 is 2.42 bits per heavy atom. The lowest BCUT2D eigenvalue weighted by Gasteiger charge is -2.15. The highest BCUT2D eigenvalue weighted by atomic mass is 19.1. The zero-order chi connectivity index (χ0) is 17.2. The summed E-state index contributed by atoms with van der Waals surface area (Å²) in [5.74, 6) is 0.380. The predicted molar refractivity (Wildman–Crippen MR) is 95.4 cm³/mol. The number of nitrogens with one attached hydrogen (secondary N) is 2. The van der Waals surface area contributed by atoms with E-state index in [0.29, 0.717) is 25.5 Å². The standard InChI is InChI=1S/C19H24FN3O/c1-2-21-19(22-13-16-8-10-17(20)11-9-16)23-14-18(24)12-15-6-4-3-5-7-15/h3-11,18,24H,2,12-14H2,1H3,(H2,21,22,23). The first-order valence-electron chi connectivity index (χ1n) is 8.16. The topological polar surface area (TPSA) is 56.7 Å². The Morgan fingerprint density at radius 2 is 1.75 bits per heavy atom. The Balaban J connectivity index is 1.85. The molecule has 0 saturated heterocycles. The van der Waals surface area contributed by atoms with E-state index < -0.39 is 6.10 Å².